The minimum Gasteiger partial charge on any atom is -0.444 e. The minimum absolute atomic E-state index is 0.0749. The van der Waals surface area contributed by atoms with E-state index in [1.165, 1.54) is 0 Å². The lowest BCUT2D eigenvalue weighted by Crippen LogP contribution is -2.29. The number of nitrogens with one attached hydrogen (secondary N) is 2. The lowest BCUT2D eigenvalue weighted by Gasteiger charge is -2.20. The van der Waals surface area contributed by atoms with E-state index < -0.39 is 21.8 Å². The van der Waals surface area contributed by atoms with Crippen LogP contribution in [0.1, 0.15) is 44.0 Å². The van der Waals surface area contributed by atoms with Crippen molar-refractivity contribution in [1.29, 1.82) is 0 Å². The number of carbonyl (C=O) groups is 2. The first-order chi connectivity index (χ1) is 12.0. The Morgan fingerprint density at radius 2 is 1.77 bits per heavy atom. The van der Waals surface area contributed by atoms with Gasteiger partial charge in [0.1, 0.15) is 5.60 Å². The molecule has 0 unspecified atom stereocenters. The molecule has 0 atom stereocenters. The van der Waals surface area contributed by atoms with Crippen LogP contribution in [0.4, 0.5) is 10.5 Å². The highest BCUT2D eigenvalue weighted by Gasteiger charge is 2.18. The van der Waals surface area contributed by atoms with E-state index in [0.717, 1.165) is 6.26 Å². The zero-order chi connectivity index (χ0) is 19.8. The van der Waals surface area contributed by atoms with Crippen LogP contribution in [-0.2, 0) is 19.0 Å². The molecular formula is C17H26N2O6S. The molecule has 1 rings (SSSR count). The summed E-state index contributed by atoms with van der Waals surface area (Å²) in [6.45, 7) is 5.67. The number of amides is 2. The van der Waals surface area contributed by atoms with Crippen LogP contribution < -0.4 is 10.6 Å². The summed E-state index contributed by atoms with van der Waals surface area (Å²) in [7, 11) is -3.44. The van der Waals surface area contributed by atoms with Crippen molar-refractivity contribution in [2.45, 2.75) is 39.2 Å². The maximum atomic E-state index is 12.3. The topological polar surface area (TPSA) is 111 Å². The zero-order valence-corrected chi connectivity index (χ0v) is 16.3. The number of rotatable bonds is 8. The van der Waals surface area contributed by atoms with E-state index in [2.05, 4.69) is 14.8 Å². The summed E-state index contributed by atoms with van der Waals surface area (Å²) in [5.41, 5.74) is 0.0143. The van der Waals surface area contributed by atoms with E-state index in [1.807, 2.05) is 0 Å². The molecule has 1 aromatic rings. The van der Waals surface area contributed by atoms with Gasteiger partial charge in [-0.3, -0.25) is 14.3 Å². The molecule has 0 radical (unpaired) electrons. The van der Waals surface area contributed by atoms with Gasteiger partial charge in [0, 0.05) is 6.54 Å². The van der Waals surface area contributed by atoms with Crippen LogP contribution in [0.3, 0.4) is 0 Å². The molecular weight excluding hydrogens is 360 g/mol. The molecule has 26 heavy (non-hydrogen) atoms. The van der Waals surface area contributed by atoms with Crippen molar-refractivity contribution in [3.8, 4) is 0 Å². The quantitative estimate of drug-likeness (QED) is 0.525. The monoisotopic (exact) mass is 386 g/mol. The second-order valence-corrected chi connectivity index (χ2v) is 8.31. The van der Waals surface area contributed by atoms with Gasteiger partial charge >= 0.3 is 6.09 Å². The van der Waals surface area contributed by atoms with E-state index in [1.54, 1.807) is 45.0 Å². The van der Waals surface area contributed by atoms with Gasteiger partial charge in [0.15, 0.2) is 0 Å². The molecule has 0 aliphatic rings. The third kappa shape index (κ3) is 9.38. The van der Waals surface area contributed by atoms with Gasteiger partial charge in [0.2, 0.25) is 0 Å². The number of unbranched alkanes of at least 4 members (excludes halogenated alkanes) is 1. The lowest BCUT2D eigenvalue weighted by atomic mass is 10.1. The number of hydrogen-bond acceptors (Lipinski definition) is 6. The molecule has 0 aliphatic carbocycles. The second-order valence-electron chi connectivity index (χ2n) is 6.66. The smallest absolute Gasteiger partial charge is 0.412 e. The van der Waals surface area contributed by atoms with Crippen LogP contribution in [0.25, 0.3) is 0 Å². The van der Waals surface area contributed by atoms with E-state index in [4.69, 9.17) is 4.74 Å². The van der Waals surface area contributed by atoms with Gasteiger partial charge < -0.3 is 10.1 Å². The maximum Gasteiger partial charge on any atom is 0.412 e. The molecule has 0 heterocycles. The average molecular weight is 386 g/mol. The molecule has 0 saturated heterocycles. The van der Waals surface area contributed by atoms with Crippen LogP contribution in [0.15, 0.2) is 24.3 Å². The number of ether oxygens (including phenoxy) is 1. The first-order valence-electron chi connectivity index (χ1n) is 8.19. The Bertz CT molecular complexity index is 725. The van der Waals surface area contributed by atoms with Crippen molar-refractivity contribution in [2.24, 2.45) is 0 Å². The number of hydrogen-bond donors (Lipinski definition) is 2. The average Bonchev–Trinajstić information content (AvgIpc) is 2.48. The molecule has 0 aromatic heterocycles. The Morgan fingerprint density at radius 3 is 2.38 bits per heavy atom. The molecule has 146 valence electrons. The molecule has 8 nitrogen and oxygen atoms in total. The van der Waals surface area contributed by atoms with Crippen LogP contribution in [-0.4, -0.2) is 45.4 Å². The number of benzene rings is 1. The summed E-state index contributed by atoms with van der Waals surface area (Å²) < 4.78 is 31.5. The third-order valence-corrected chi connectivity index (χ3v) is 3.56. The van der Waals surface area contributed by atoms with Crippen LogP contribution >= 0.6 is 0 Å². The zero-order valence-electron chi connectivity index (χ0n) is 15.5. The van der Waals surface area contributed by atoms with Crippen LogP contribution in [0.5, 0.6) is 0 Å². The molecule has 0 bridgehead atoms. The van der Waals surface area contributed by atoms with Crippen LogP contribution in [0.2, 0.25) is 0 Å². The van der Waals surface area contributed by atoms with E-state index in [9.17, 15) is 18.0 Å². The summed E-state index contributed by atoms with van der Waals surface area (Å²) in [5, 5.41) is 5.29. The van der Waals surface area contributed by atoms with Crippen molar-refractivity contribution < 1.29 is 26.9 Å². The fraction of sp³-hybridized carbons (Fsp3) is 0.529. The first kappa shape index (κ1) is 21.9. The fourth-order valence-corrected chi connectivity index (χ4v) is 2.36. The Balaban J connectivity index is 2.52. The molecule has 0 saturated carbocycles. The number of anilines is 1. The van der Waals surface area contributed by atoms with Gasteiger partial charge in [-0.05, 0) is 45.7 Å². The lowest BCUT2D eigenvalue weighted by molar-refractivity contribution is 0.0636. The standard InChI is InChI=1S/C17H26N2O6S/c1-17(2,3)25-16(21)19-14-10-6-5-9-13(14)15(20)18-11-7-8-12-24-26(4,22)23/h5-6,9-10H,7-8,11-12H2,1-4H3,(H,18,20)(H,19,21). The molecule has 0 aliphatic heterocycles. The van der Waals surface area contributed by atoms with Gasteiger partial charge in [0.25, 0.3) is 16.0 Å². The molecule has 9 heteroatoms. The highest BCUT2D eigenvalue weighted by atomic mass is 32.2. The van der Waals surface area contributed by atoms with Gasteiger partial charge in [-0.15, -0.1) is 0 Å². The summed E-state index contributed by atoms with van der Waals surface area (Å²) >= 11 is 0. The summed E-state index contributed by atoms with van der Waals surface area (Å²) in [4.78, 5) is 24.2. The number of para-hydroxylation sites is 1. The Kier molecular flexibility index (Phi) is 8.04. The van der Waals surface area contributed by atoms with E-state index >= 15 is 0 Å². The van der Waals surface area contributed by atoms with Gasteiger partial charge in [-0.1, -0.05) is 12.1 Å². The predicted octanol–water partition coefficient (Wildman–Crippen LogP) is 2.52. The van der Waals surface area contributed by atoms with Crippen molar-refractivity contribution in [3.05, 3.63) is 29.8 Å². The molecule has 0 fully saturated rings. The molecule has 0 spiro atoms. The summed E-state index contributed by atoms with van der Waals surface area (Å²) in [6.07, 6.45) is 1.40. The maximum absolute atomic E-state index is 12.3. The Labute approximate surface area is 154 Å². The van der Waals surface area contributed by atoms with Gasteiger partial charge in [-0.25, -0.2) is 4.79 Å². The number of carbonyl (C=O) groups excluding carboxylic acids is 2. The third-order valence-electron chi connectivity index (χ3n) is 2.96. The Hall–Kier alpha value is -2.13. The highest BCUT2D eigenvalue weighted by molar-refractivity contribution is 7.85. The summed E-state index contributed by atoms with van der Waals surface area (Å²) in [5.74, 6) is -0.347. The first-order valence-corrected chi connectivity index (χ1v) is 10.0. The summed E-state index contributed by atoms with van der Waals surface area (Å²) in [6, 6.07) is 6.59. The second kappa shape index (κ2) is 9.54. The van der Waals surface area contributed by atoms with Crippen molar-refractivity contribution in [1.82, 2.24) is 5.32 Å². The van der Waals surface area contributed by atoms with Crippen molar-refractivity contribution in [2.75, 3.05) is 24.7 Å². The highest BCUT2D eigenvalue weighted by Crippen LogP contribution is 2.17. The van der Waals surface area contributed by atoms with Gasteiger partial charge in [-0.2, -0.15) is 8.42 Å². The van der Waals surface area contributed by atoms with E-state index in [-0.39, 0.29) is 12.5 Å². The minimum atomic E-state index is -3.44. The van der Waals surface area contributed by atoms with Crippen molar-refractivity contribution >= 4 is 27.8 Å². The molecule has 2 N–H and O–H groups in total. The van der Waals surface area contributed by atoms with E-state index in [0.29, 0.717) is 30.6 Å². The normalized spacial score (nSPS) is 11.7. The SMILES string of the molecule is CC(C)(C)OC(=O)Nc1ccccc1C(=O)NCCCCOS(C)(=O)=O. The van der Waals surface area contributed by atoms with Crippen molar-refractivity contribution in [3.63, 3.8) is 0 Å². The molecule has 2 amide bonds. The fourth-order valence-electron chi connectivity index (χ4n) is 1.94. The van der Waals surface area contributed by atoms with Gasteiger partial charge in [0.05, 0.1) is 24.1 Å². The predicted molar refractivity (Wildman–Crippen MR) is 98.7 cm³/mol. The van der Waals surface area contributed by atoms with Crippen LogP contribution in [0, 0.1) is 0 Å². The largest absolute Gasteiger partial charge is 0.444 e. The Morgan fingerprint density at radius 1 is 1.12 bits per heavy atom. The molecule has 1 aromatic carbocycles.